The first kappa shape index (κ1) is 20.2. The van der Waals surface area contributed by atoms with E-state index < -0.39 is 18.0 Å². The smallest absolute Gasteiger partial charge is 0.414 e. The summed E-state index contributed by atoms with van der Waals surface area (Å²) < 4.78 is 0. The lowest BCUT2D eigenvalue weighted by Crippen LogP contribution is -2.38. The summed E-state index contributed by atoms with van der Waals surface area (Å²) in [5, 5.41) is 37.5. The molecule has 0 amide bonds. The van der Waals surface area contributed by atoms with E-state index in [1.54, 1.807) is 6.07 Å². The lowest BCUT2D eigenvalue weighted by Gasteiger charge is -2.23. The molecule has 0 aliphatic carbocycles. The summed E-state index contributed by atoms with van der Waals surface area (Å²) in [4.78, 5) is 18.2. The van der Waals surface area contributed by atoms with Gasteiger partial charge in [0.15, 0.2) is 0 Å². The van der Waals surface area contributed by atoms with Crippen molar-refractivity contribution in [2.45, 2.75) is 32.4 Å². The number of nitrogens with one attached hydrogen (secondary N) is 1. The van der Waals surface area contributed by atoms with Crippen molar-refractivity contribution in [3.05, 3.63) is 28.8 Å². The zero-order chi connectivity index (χ0) is 17.5. The van der Waals surface area contributed by atoms with Crippen molar-refractivity contribution in [2.75, 3.05) is 6.54 Å². The fourth-order valence-corrected chi connectivity index (χ4v) is 1.60. The van der Waals surface area contributed by atoms with Crippen molar-refractivity contribution in [1.29, 1.82) is 0 Å². The second-order valence-electron chi connectivity index (χ2n) is 5.46. The Hall–Kier alpha value is -1.83. The lowest BCUT2D eigenvalue weighted by molar-refractivity contribution is -0.159. The molecule has 0 aliphatic heterocycles. The molecule has 22 heavy (non-hydrogen) atoms. The van der Waals surface area contributed by atoms with E-state index in [0.29, 0.717) is 17.1 Å². The summed E-state index contributed by atoms with van der Waals surface area (Å²) in [5.41, 5.74) is 0.570. The van der Waals surface area contributed by atoms with Crippen LogP contribution in [0.4, 0.5) is 0 Å². The number of carboxylic acid groups (broad SMARTS) is 2. The van der Waals surface area contributed by atoms with Crippen LogP contribution in [0.1, 0.15) is 32.4 Å². The molecule has 7 nitrogen and oxygen atoms in total. The van der Waals surface area contributed by atoms with Gasteiger partial charge in [0.25, 0.3) is 0 Å². The molecule has 0 bridgehead atoms. The van der Waals surface area contributed by atoms with Crippen LogP contribution in [0, 0.1) is 0 Å². The van der Waals surface area contributed by atoms with Gasteiger partial charge in [0.1, 0.15) is 5.75 Å². The van der Waals surface area contributed by atoms with Gasteiger partial charge in [-0.1, -0.05) is 17.7 Å². The zero-order valence-corrected chi connectivity index (χ0v) is 13.3. The Bertz CT molecular complexity index is 515. The maximum Gasteiger partial charge on any atom is 0.414 e. The molecule has 8 heteroatoms. The lowest BCUT2D eigenvalue weighted by atomic mass is 10.1. The fraction of sp³-hybridized carbons (Fsp3) is 0.429. The predicted molar refractivity (Wildman–Crippen MR) is 81.1 cm³/mol. The molecule has 0 aromatic heterocycles. The molecule has 0 radical (unpaired) electrons. The Morgan fingerprint density at radius 3 is 2.09 bits per heavy atom. The van der Waals surface area contributed by atoms with Crippen LogP contribution >= 0.6 is 11.6 Å². The Balaban J connectivity index is 0.000000626. The van der Waals surface area contributed by atoms with Gasteiger partial charge in [-0.15, -0.1) is 0 Å². The van der Waals surface area contributed by atoms with E-state index in [-0.39, 0.29) is 11.3 Å². The molecule has 1 rings (SSSR count). The molecule has 124 valence electrons. The van der Waals surface area contributed by atoms with E-state index in [0.717, 1.165) is 0 Å². The quantitative estimate of drug-likeness (QED) is 0.532. The second kappa shape index (κ2) is 8.57. The number of carbonyl (C=O) groups is 2. The molecule has 0 fully saturated rings. The summed E-state index contributed by atoms with van der Waals surface area (Å²) in [6.07, 6.45) is -0.674. The van der Waals surface area contributed by atoms with Gasteiger partial charge in [0, 0.05) is 17.6 Å². The van der Waals surface area contributed by atoms with Crippen LogP contribution in [0.15, 0.2) is 18.2 Å². The second-order valence-corrected chi connectivity index (χ2v) is 5.87. The molecule has 0 spiro atoms. The van der Waals surface area contributed by atoms with Crippen LogP contribution in [-0.2, 0) is 9.59 Å². The van der Waals surface area contributed by atoms with E-state index in [2.05, 4.69) is 5.32 Å². The Morgan fingerprint density at radius 1 is 1.23 bits per heavy atom. The highest BCUT2D eigenvalue weighted by Crippen LogP contribution is 2.26. The summed E-state index contributed by atoms with van der Waals surface area (Å²) in [6.45, 7) is 6.50. The molecule has 5 N–H and O–H groups in total. The van der Waals surface area contributed by atoms with Crippen molar-refractivity contribution >= 4 is 23.5 Å². The van der Waals surface area contributed by atoms with Gasteiger partial charge in [0.05, 0.1) is 11.1 Å². The number of phenolic OH excluding ortho intramolecular Hbond substituents is 1. The molecule has 1 aromatic rings. The third-order valence-corrected chi connectivity index (χ3v) is 2.68. The zero-order valence-electron chi connectivity index (χ0n) is 12.5. The normalized spacial score (nSPS) is 12.0. The molecule has 0 saturated heterocycles. The number of aliphatic hydroxyl groups excluding tert-OH is 1. The number of aromatic hydroxyl groups is 1. The number of phenols is 1. The summed E-state index contributed by atoms with van der Waals surface area (Å²) in [7, 11) is 0. The molecule has 1 unspecified atom stereocenters. The first-order valence-electron chi connectivity index (χ1n) is 6.31. The first-order chi connectivity index (χ1) is 9.94. The largest absolute Gasteiger partial charge is 0.508 e. The Labute approximate surface area is 133 Å². The van der Waals surface area contributed by atoms with Crippen molar-refractivity contribution < 1.29 is 30.0 Å². The van der Waals surface area contributed by atoms with Crippen LogP contribution in [0.3, 0.4) is 0 Å². The summed E-state index contributed by atoms with van der Waals surface area (Å²) >= 11 is 5.93. The number of hydrogen-bond acceptors (Lipinski definition) is 5. The van der Waals surface area contributed by atoms with Gasteiger partial charge in [-0.25, -0.2) is 9.59 Å². The van der Waals surface area contributed by atoms with Crippen LogP contribution in [0.2, 0.25) is 5.02 Å². The van der Waals surface area contributed by atoms with Crippen LogP contribution in [-0.4, -0.2) is 44.4 Å². The molecule has 1 atom stereocenters. The Kier molecular flexibility index (Phi) is 7.86. The van der Waals surface area contributed by atoms with Crippen LogP contribution < -0.4 is 5.32 Å². The van der Waals surface area contributed by atoms with Crippen molar-refractivity contribution in [3.63, 3.8) is 0 Å². The van der Waals surface area contributed by atoms with Gasteiger partial charge in [-0.05, 0) is 32.9 Å². The third-order valence-electron chi connectivity index (χ3n) is 2.35. The minimum atomic E-state index is -1.82. The average Bonchev–Trinajstić information content (AvgIpc) is 2.35. The highest BCUT2D eigenvalue weighted by Gasteiger charge is 2.15. The number of rotatable bonds is 3. The van der Waals surface area contributed by atoms with E-state index in [1.807, 2.05) is 20.8 Å². The maximum atomic E-state index is 9.93. The van der Waals surface area contributed by atoms with Crippen molar-refractivity contribution in [1.82, 2.24) is 5.32 Å². The molecular formula is C14H20ClNO6. The fourth-order valence-electron chi connectivity index (χ4n) is 1.30. The topological polar surface area (TPSA) is 127 Å². The maximum absolute atomic E-state index is 9.93. The van der Waals surface area contributed by atoms with Gasteiger partial charge in [-0.2, -0.15) is 0 Å². The first-order valence-corrected chi connectivity index (χ1v) is 6.69. The average molecular weight is 334 g/mol. The minimum absolute atomic E-state index is 0.0512. The van der Waals surface area contributed by atoms with Gasteiger partial charge in [0.2, 0.25) is 0 Å². The number of benzene rings is 1. The predicted octanol–water partition coefficient (Wildman–Crippen LogP) is 1.62. The van der Waals surface area contributed by atoms with Crippen molar-refractivity contribution in [2.24, 2.45) is 0 Å². The van der Waals surface area contributed by atoms with E-state index in [4.69, 9.17) is 31.4 Å². The monoisotopic (exact) mass is 333 g/mol. The summed E-state index contributed by atoms with van der Waals surface area (Å²) in [6, 6.07) is 4.57. The number of aliphatic carboxylic acids is 2. The number of aliphatic hydroxyl groups is 1. The van der Waals surface area contributed by atoms with Gasteiger partial charge in [-0.3, -0.25) is 0 Å². The van der Waals surface area contributed by atoms with Gasteiger partial charge < -0.3 is 25.7 Å². The minimum Gasteiger partial charge on any atom is -0.508 e. The van der Waals surface area contributed by atoms with E-state index >= 15 is 0 Å². The van der Waals surface area contributed by atoms with E-state index in [9.17, 15) is 10.2 Å². The molecule has 0 heterocycles. The standard InChI is InChI=1S/C12H18ClNO2.C2H2O4/c1-12(2,3)14-7-11(16)9-5-4-8(15)6-10(9)13;3-1(4)2(5)6/h4-6,11,14-16H,7H2,1-3H3;(H,3,4)(H,5,6). The molecule has 0 saturated carbocycles. The molecule has 0 aliphatic rings. The highest BCUT2D eigenvalue weighted by atomic mass is 35.5. The third kappa shape index (κ3) is 8.46. The Morgan fingerprint density at radius 2 is 1.73 bits per heavy atom. The summed E-state index contributed by atoms with van der Waals surface area (Å²) in [5.74, 6) is -3.55. The number of hydrogen-bond donors (Lipinski definition) is 5. The van der Waals surface area contributed by atoms with E-state index in [1.165, 1.54) is 12.1 Å². The molecule has 1 aromatic carbocycles. The molecular weight excluding hydrogens is 314 g/mol. The van der Waals surface area contributed by atoms with Gasteiger partial charge >= 0.3 is 11.9 Å². The number of halogens is 1. The van der Waals surface area contributed by atoms with Crippen LogP contribution in [0.25, 0.3) is 0 Å². The van der Waals surface area contributed by atoms with Crippen LogP contribution in [0.5, 0.6) is 5.75 Å². The SMILES string of the molecule is CC(C)(C)NCC(O)c1ccc(O)cc1Cl.O=C(O)C(=O)O. The van der Waals surface area contributed by atoms with Crippen molar-refractivity contribution in [3.8, 4) is 5.75 Å². The number of carboxylic acids is 2. The highest BCUT2D eigenvalue weighted by molar-refractivity contribution is 6.31. The number of β-amino-alcohol motifs (C(OH)–C–C–N with tert-alkyl or cyclic N) is 1.